The number of carbonyl (C=O) groups is 2. The first kappa shape index (κ1) is 75.3. The summed E-state index contributed by atoms with van der Waals surface area (Å²) in [5, 5.41) is 0. The molecule has 0 aliphatic carbocycles. The largest absolute Gasteiger partial charge is 0.306 e. The molecule has 0 bridgehead atoms. The highest BCUT2D eigenvalue weighted by Crippen LogP contribution is 2.52. The van der Waals surface area contributed by atoms with Crippen LogP contribution in [0.5, 0.6) is 0 Å². The van der Waals surface area contributed by atoms with Crippen molar-refractivity contribution in [2.24, 2.45) is 11.8 Å². The highest BCUT2D eigenvalue weighted by Gasteiger charge is 2.50. The summed E-state index contributed by atoms with van der Waals surface area (Å²) in [7, 11) is 0. The molecule has 4 nitrogen and oxygen atoms in total. The predicted molar refractivity (Wildman–Crippen MR) is 408 cm³/mol. The number of rotatable bonds is 49. The van der Waals surface area contributed by atoms with Crippen molar-refractivity contribution in [3.8, 4) is 29.3 Å². The number of amides is 2. The molecule has 2 aliphatic rings. The van der Waals surface area contributed by atoms with Gasteiger partial charge in [0.05, 0.1) is 32.3 Å². The first-order valence-electron chi connectivity index (χ1n) is 37.8. The molecule has 9 heteroatoms. The molecule has 91 heavy (non-hydrogen) atoms. The molecule has 0 fully saturated rings. The van der Waals surface area contributed by atoms with E-state index in [0.29, 0.717) is 36.1 Å². The van der Waals surface area contributed by atoms with Gasteiger partial charge in [0.25, 0.3) is 11.8 Å². The zero-order valence-corrected chi connectivity index (χ0v) is 63.5. The standard InChI is InChI=1S/C82H126N2O2S5/c1-11-15-19-23-27-31-33-37-41-45-49-63(47-43-39-35-29-25-21-17-13-3)61-83-77(71-55-53-66(88-71)65-51-52-67(87-65)69-57-59-73(90-69)81(5,6)7)75-76(80(83)86)78(72-56-54-68(89-72)70-58-60-74(91-70)82(8,9)10)84(79(75)85)62-64(48-44-40-36-30-26-22-18-14-4)50-46-42-38-34-32-28-24-20-16-12-2/h51-60,63-64H,11-50,61-62H2,1-10H3. The molecule has 5 aromatic heterocycles. The van der Waals surface area contributed by atoms with Crippen molar-refractivity contribution >= 4 is 79.9 Å². The van der Waals surface area contributed by atoms with Crippen LogP contribution < -0.4 is 0 Å². The highest BCUT2D eigenvalue weighted by molar-refractivity contribution is 7.26. The Morgan fingerprint density at radius 1 is 0.286 bits per heavy atom. The van der Waals surface area contributed by atoms with Gasteiger partial charge >= 0.3 is 0 Å². The first-order valence-corrected chi connectivity index (χ1v) is 41.9. The smallest absolute Gasteiger partial charge is 0.261 e. The number of nitrogens with zero attached hydrogens (tertiary/aromatic N) is 2. The Kier molecular flexibility index (Phi) is 33.5. The van der Waals surface area contributed by atoms with Gasteiger partial charge in [-0.25, -0.2) is 0 Å². The Bertz CT molecular complexity index is 2920. The maximum absolute atomic E-state index is 16.4. The van der Waals surface area contributed by atoms with Crippen LogP contribution in [-0.2, 0) is 20.4 Å². The van der Waals surface area contributed by atoms with Gasteiger partial charge in [0.1, 0.15) is 0 Å². The number of hydrogen-bond donors (Lipinski definition) is 0. The summed E-state index contributed by atoms with van der Waals surface area (Å²) >= 11 is 9.24. The number of thiophene rings is 5. The zero-order valence-electron chi connectivity index (χ0n) is 59.4. The van der Waals surface area contributed by atoms with Crippen LogP contribution in [0.3, 0.4) is 0 Å². The number of hydrogen-bond acceptors (Lipinski definition) is 7. The van der Waals surface area contributed by atoms with Crippen molar-refractivity contribution in [3.05, 3.63) is 91.3 Å². The fraction of sp³-hybridized carbons (Fsp3) is 0.683. The maximum Gasteiger partial charge on any atom is 0.261 e. The summed E-state index contributed by atoms with van der Waals surface area (Å²) in [5.74, 6) is 0.842. The molecule has 0 saturated heterocycles. The lowest BCUT2D eigenvalue weighted by molar-refractivity contribution is -0.124. The lowest BCUT2D eigenvalue weighted by Gasteiger charge is -2.29. The molecule has 7 heterocycles. The summed E-state index contributed by atoms with van der Waals surface area (Å²) < 4.78 is 0. The predicted octanol–water partition coefficient (Wildman–Crippen LogP) is 28.3. The molecular formula is C82H126N2O2S5. The minimum atomic E-state index is 0.0518. The number of unbranched alkanes of at least 4 members (excludes halogenated alkanes) is 32. The molecule has 2 unspecified atom stereocenters. The average molecular weight is 1330 g/mol. The van der Waals surface area contributed by atoms with Gasteiger partial charge in [-0.3, -0.25) is 9.59 Å². The van der Waals surface area contributed by atoms with Gasteiger partial charge < -0.3 is 9.80 Å². The van der Waals surface area contributed by atoms with Gasteiger partial charge in [0.2, 0.25) is 0 Å². The Hall–Kier alpha value is -3.08. The second-order valence-corrected chi connectivity index (χ2v) is 35.2. The van der Waals surface area contributed by atoms with Gasteiger partial charge in [-0.05, 0) is 109 Å². The van der Waals surface area contributed by atoms with E-state index in [0.717, 1.165) is 46.8 Å². The Labute approximate surface area is 577 Å². The molecule has 2 amide bonds. The highest BCUT2D eigenvalue weighted by atomic mass is 32.1. The molecule has 2 aliphatic heterocycles. The Morgan fingerprint density at radius 2 is 0.495 bits per heavy atom. The second-order valence-electron chi connectivity index (χ2n) is 29.8. The topological polar surface area (TPSA) is 40.6 Å². The summed E-state index contributed by atoms with van der Waals surface area (Å²) in [5.41, 5.74) is 3.28. The van der Waals surface area contributed by atoms with E-state index in [4.69, 9.17) is 0 Å². The fourth-order valence-electron chi connectivity index (χ4n) is 13.9. The third kappa shape index (κ3) is 23.9. The molecule has 5 aromatic rings. The molecular weight excluding hydrogens is 1210 g/mol. The summed E-state index contributed by atoms with van der Waals surface area (Å²) in [6.07, 6.45) is 51.8. The van der Waals surface area contributed by atoms with Crippen LogP contribution in [0.2, 0.25) is 0 Å². The Morgan fingerprint density at radius 3 is 0.736 bits per heavy atom. The first-order chi connectivity index (χ1) is 44.2. The van der Waals surface area contributed by atoms with E-state index < -0.39 is 0 Å². The molecule has 0 N–H and O–H groups in total. The number of carbonyl (C=O) groups excluding carboxylic acids is 2. The van der Waals surface area contributed by atoms with Crippen molar-refractivity contribution in [1.82, 2.24) is 9.80 Å². The molecule has 7 rings (SSSR count). The van der Waals surface area contributed by atoms with Crippen molar-refractivity contribution < 1.29 is 9.59 Å². The molecule has 0 radical (unpaired) electrons. The van der Waals surface area contributed by atoms with Crippen molar-refractivity contribution in [3.63, 3.8) is 0 Å². The van der Waals surface area contributed by atoms with Crippen LogP contribution >= 0.6 is 56.7 Å². The third-order valence-corrected chi connectivity index (χ3v) is 26.5. The molecule has 0 saturated carbocycles. The molecule has 0 aromatic carbocycles. The van der Waals surface area contributed by atoms with E-state index in [-0.39, 0.29) is 22.6 Å². The molecule has 2 atom stereocenters. The summed E-state index contributed by atoms with van der Waals surface area (Å²) in [4.78, 5) is 49.5. The van der Waals surface area contributed by atoms with Crippen molar-refractivity contribution in [2.45, 2.75) is 337 Å². The van der Waals surface area contributed by atoms with Crippen LogP contribution in [0.1, 0.15) is 346 Å². The van der Waals surface area contributed by atoms with E-state index >= 15 is 9.59 Å². The van der Waals surface area contributed by atoms with Gasteiger partial charge in [-0.15, -0.1) is 56.7 Å². The molecule has 506 valence electrons. The third-order valence-electron chi connectivity index (χ3n) is 19.6. The average Bonchev–Trinajstić information content (AvgIpc) is 1.55. The fourth-order valence-corrected chi connectivity index (χ4v) is 19.5. The Balaban J connectivity index is 1.26. The quantitative estimate of drug-likeness (QED) is 0.0364. The number of fused-ring (bicyclic) bond motifs is 1. The minimum absolute atomic E-state index is 0.0518. The zero-order chi connectivity index (χ0) is 64.9. The monoisotopic (exact) mass is 1330 g/mol. The lowest BCUT2D eigenvalue weighted by atomic mass is 9.93. The van der Waals surface area contributed by atoms with E-state index in [1.165, 1.54) is 270 Å². The van der Waals surface area contributed by atoms with Crippen LogP contribution in [0, 0.1) is 11.8 Å². The summed E-state index contributed by atoms with van der Waals surface area (Å²) in [6, 6.07) is 22.9. The van der Waals surface area contributed by atoms with Gasteiger partial charge in [-0.1, -0.05) is 300 Å². The normalized spacial score (nSPS) is 14.6. The van der Waals surface area contributed by atoms with Crippen molar-refractivity contribution in [1.29, 1.82) is 0 Å². The molecule has 0 spiro atoms. The van der Waals surface area contributed by atoms with E-state index in [2.05, 4.69) is 140 Å². The summed E-state index contributed by atoms with van der Waals surface area (Å²) in [6.45, 7) is 24.4. The van der Waals surface area contributed by atoms with Gasteiger partial charge in [0, 0.05) is 52.1 Å². The van der Waals surface area contributed by atoms with E-state index in [1.807, 2.05) is 34.0 Å². The van der Waals surface area contributed by atoms with Crippen LogP contribution in [0.4, 0.5) is 0 Å². The maximum atomic E-state index is 16.4. The van der Waals surface area contributed by atoms with Crippen molar-refractivity contribution in [2.75, 3.05) is 13.1 Å². The van der Waals surface area contributed by atoms with Crippen LogP contribution in [0.25, 0.3) is 40.7 Å². The minimum Gasteiger partial charge on any atom is -0.306 e. The van der Waals surface area contributed by atoms with Gasteiger partial charge in [0.15, 0.2) is 0 Å². The van der Waals surface area contributed by atoms with E-state index in [1.54, 1.807) is 22.7 Å². The SMILES string of the molecule is CCCCCCCCCCCCC(CCCCCCCCCC)CN1C(=O)C2=C(c3ccc(-c4ccc(C(C)(C)C)s4)s3)N(CC(CCCCCCCCCC)CCCCCCCCCCCC)C(=O)C2=C1c1ccc(-c2ccc(-c3ccc(C(C)(C)C)s3)s2)s1. The van der Waals surface area contributed by atoms with Crippen LogP contribution in [0.15, 0.2) is 71.8 Å². The second kappa shape index (κ2) is 40.5. The van der Waals surface area contributed by atoms with E-state index in [9.17, 15) is 0 Å². The van der Waals surface area contributed by atoms with Gasteiger partial charge in [-0.2, -0.15) is 0 Å². The lowest BCUT2D eigenvalue weighted by Crippen LogP contribution is -2.34. The van der Waals surface area contributed by atoms with Crippen LogP contribution in [-0.4, -0.2) is 34.7 Å².